The number of nitrogens with zero attached hydrogens (tertiary/aromatic N) is 2. The van der Waals surface area contributed by atoms with Crippen molar-refractivity contribution < 1.29 is 9.53 Å². The first-order valence-corrected chi connectivity index (χ1v) is 8.26. The van der Waals surface area contributed by atoms with Gasteiger partial charge in [-0.3, -0.25) is 4.79 Å². The molecule has 5 nitrogen and oxygen atoms in total. The Labute approximate surface area is 131 Å². The minimum absolute atomic E-state index is 0.238. The van der Waals surface area contributed by atoms with E-state index < -0.39 is 0 Å². The van der Waals surface area contributed by atoms with Crippen molar-refractivity contribution in [2.45, 2.75) is 29.9 Å². The van der Waals surface area contributed by atoms with Gasteiger partial charge in [-0.15, -0.1) is 10.2 Å². The lowest BCUT2D eigenvalue weighted by Crippen LogP contribution is -2.22. The summed E-state index contributed by atoms with van der Waals surface area (Å²) in [6.07, 6.45) is 0.588. The van der Waals surface area contributed by atoms with Gasteiger partial charge in [-0.1, -0.05) is 52.9 Å². The van der Waals surface area contributed by atoms with Gasteiger partial charge in [0.2, 0.25) is 5.13 Å². The molecule has 2 aromatic rings. The van der Waals surface area contributed by atoms with Crippen LogP contribution in [0.5, 0.6) is 0 Å². The SMILES string of the molecule is CCOC(=O)[C@H](Cc1cccc(C)c1)Sc1nnc(N)s1. The summed E-state index contributed by atoms with van der Waals surface area (Å²) in [5.41, 5.74) is 7.84. The van der Waals surface area contributed by atoms with Crippen LogP contribution in [0.4, 0.5) is 5.13 Å². The summed E-state index contributed by atoms with van der Waals surface area (Å²) < 4.78 is 5.83. The predicted molar refractivity (Wildman–Crippen MR) is 85.5 cm³/mol. The molecule has 1 atom stereocenters. The Morgan fingerprint density at radius 3 is 2.90 bits per heavy atom. The second kappa shape index (κ2) is 7.42. The number of thioether (sulfide) groups is 1. The number of carbonyl (C=O) groups is 1. The smallest absolute Gasteiger partial charge is 0.319 e. The van der Waals surface area contributed by atoms with E-state index in [1.807, 2.05) is 25.1 Å². The van der Waals surface area contributed by atoms with Crippen molar-refractivity contribution in [2.75, 3.05) is 12.3 Å². The highest BCUT2D eigenvalue weighted by Crippen LogP contribution is 2.30. The molecule has 1 aromatic carbocycles. The van der Waals surface area contributed by atoms with Gasteiger partial charge in [0.05, 0.1) is 6.61 Å². The van der Waals surface area contributed by atoms with Gasteiger partial charge in [0.25, 0.3) is 0 Å². The summed E-state index contributed by atoms with van der Waals surface area (Å²) in [6.45, 7) is 4.19. The second-order valence-corrected chi connectivity index (χ2v) is 6.92. The van der Waals surface area contributed by atoms with Crippen LogP contribution in [0.3, 0.4) is 0 Å². The van der Waals surface area contributed by atoms with Crippen molar-refractivity contribution in [1.82, 2.24) is 10.2 Å². The molecular formula is C14H17N3O2S2. The van der Waals surface area contributed by atoms with Crippen molar-refractivity contribution in [2.24, 2.45) is 0 Å². The number of hydrogen-bond acceptors (Lipinski definition) is 7. The van der Waals surface area contributed by atoms with Crippen LogP contribution in [0.1, 0.15) is 18.1 Å². The molecule has 0 aliphatic rings. The highest BCUT2D eigenvalue weighted by atomic mass is 32.2. The fraction of sp³-hybridized carbons (Fsp3) is 0.357. The van der Waals surface area contributed by atoms with Gasteiger partial charge in [-0.2, -0.15) is 0 Å². The van der Waals surface area contributed by atoms with Gasteiger partial charge in [0.15, 0.2) is 4.34 Å². The summed E-state index contributed by atoms with van der Waals surface area (Å²) in [5.74, 6) is -0.238. The lowest BCUT2D eigenvalue weighted by atomic mass is 10.1. The van der Waals surface area contributed by atoms with Crippen LogP contribution >= 0.6 is 23.1 Å². The Bertz CT molecular complexity index is 616. The van der Waals surface area contributed by atoms with E-state index in [-0.39, 0.29) is 11.2 Å². The first-order chi connectivity index (χ1) is 10.1. The zero-order valence-corrected chi connectivity index (χ0v) is 13.5. The lowest BCUT2D eigenvalue weighted by molar-refractivity contribution is -0.142. The van der Waals surface area contributed by atoms with E-state index in [2.05, 4.69) is 16.3 Å². The molecule has 21 heavy (non-hydrogen) atoms. The van der Waals surface area contributed by atoms with Gasteiger partial charge in [0.1, 0.15) is 5.25 Å². The third kappa shape index (κ3) is 4.71. The Kier molecular flexibility index (Phi) is 5.58. The van der Waals surface area contributed by atoms with Crippen molar-refractivity contribution >= 4 is 34.2 Å². The minimum atomic E-state index is -0.348. The molecule has 0 bridgehead atoms. The number of ether oxygens (including phenoxy) is 1. The second-order valence-electron chi connectivity index (χ2n) is 4.46. The molecule has 2 rings (SSSR count). The maximum atomic E-state index is 12.1. The van der Waals surface area contributed by atoms with Crippen LogP contribution in [0, 0.1) is 6.92 Å². The number of anilines is 1. The van der Waals surface area contributed by atoms with E-state index >= 15 is 0 Å². The van der Waals surface area contributed by atoms with Crippen LogP contribution in [0.15, 0.2) is 28.6 Å². The summed E-state index contributed by atoms with van der Waals surface area (Å²) >= 11 is 2.62. The number of aryl methyl sites for hydroxylation is 1. The zero-order valence-electron chi connectivity index (χ0n) is 11.9. The number of carbonyl (C=O) groups excluding carboxylic acids is 1. The van der Waals surface area contributed by atoms with E-state index in [9.17, 15) is 4.79 Å². The summed E-state index contributed by atoms with van der Waals surface area (Å²) in [4.78, 5) is 12.1. The average molecular weight is 323 g/mol. The standard InChI is InChI=1S/C14H17N3O2S2/c1-3-19-12(18)11(20-14-17-16-13(15)21-14)8-10-6-4-5-9(2)7-10/h4-7,11H,3,8H2,1-2H3,(H2,15,16)/t11-/m0/s1. The van der Waals surface area contributed by atoms with E-state index in [1.165, 1.54) is 28.7 Å². The van der Waals surface area contributed by atoms with Crippen molar-refractivity contribution in [3.8, 4) is 0 Å². The fourth-order valence-corrected chi connectivity index (χ4v) is 3.76. The molecule has 0 fully saturated rings. The van der Waals surface area contributed by atoms with E-state index in [1.54, 1.807) is 6.92 Å². The minimum Gasteiger partial charge on any atom is -0.465 e. The quantitative estimate of drug-likeness (QED) is 0.650. The highest BCUT2D eigenvalue weighted by Gasteiger charge is 2.23. The fourth-order valence-electron chi connectivity index (χ4n) is 1.85. The molecule has 0 radical (unpaired) electrons. The predicted octanol–water partition coefficient (Wildman–Crippen LogP) is 2.70. The lowest BCUT2D eigenvalue weighted by Gasteiger charge is -2.14. The molecule has 1 aromatic heterocycles. The number of benzene rings is 1. The van der Waals surface area contributed by atoms with Crippen LogP contribution in [0.25, 0.3) is 0 Å². The Morgan fingerprint density at radius 2 is 2.29 bits per heavy atom. The number of hydrogen-bond donors (Lipinski definition) is 1. The Morgan fingerprint density at radius 1 is 1.48 bits per heavy atom. The molecule has 7 heteroatoms. The number of esters is 1. The number of aromatic nitrogens is 2. The van der Waals surface area contributed by atoms with E-state index in [0.29, 0.717) is 22.5 Å². The molecule has 0 aliphatic heterocycles. The van der Waals surface area contributed by atoms with Crippen LogP contribution in [-0.2, 0) is 16.0 Å². The van der Waals surface area contributed by atoms with Crippen molar-refractivity contribution in [1.29, 1.82) is 0 Å². The van der Waals surface area contributed by atoms with Crippen LogP contribution in [0.2, 0.25) is 0 Å². The van der Waals surface area contributed by atoms with Gasteiger partial charge in [-0.25, -0.2) is 0 Å². The molecule has 0 amide bonds. The van der Waals surface area contributed by atoms with Crippen LogP contribution < -0.4 is 5.73 Å². The maximum absolute atomic E-state index is 12.1. The average Bonchev–Trinajstić information content (AvgIpc) is 2.84. The highest BCUT2D eigenvalue weighted by molar-refractivity contribution is 8.02. The van der Waals surface area contributed by atoms with Gasteiger partial charge in [-0.05, 0) is 25.8 Å². The summed E-state index contributed by atoms with van der Waals surface area (Å²) in [7, 11) is 0. The molecule has 0 aliphatic carbocycles. The summed E-state index contributed by atoms with van der Waals surface area (Å²) in [5, 5.41) is 7.78. The number of rotatable bonds is 6. The molecule has 0 saturated heterocycles. The van der Waals surface area contributed by atoms with E-state index in [4.69, 9.17) is 10.5 Å². The molecule has 0 unspecified atom stereocenters. The van der Waals surface area contributed by atoms with Gasteiger partial charge < -0.3 is 10.5 Å². The Hall–Kier alpha value is -1.60. The molecule has 1 heterocycles. The van der Waals surface area contributed by atoms with E-state index in [0.717, 1.165) is 5.56 Å². The largest absolute Gasteiger partial charge is 0.465 e. The van der Waals surface area contributed by atoms with Gasteiger partial charge in [0, 0.05) is 0 Å². The van der Waals surface area contributed by atoms with Gasteiger partial charge >= 0.3 is 5.97 Å². The normalized spacial score (nSPS) is 12.1. The molecule has 2 N–H and O–H groups in total. The van der Waals surface area contributed by atoms with Crippen molar-refractivity contribution in [3.63, 3.8) is 0 Å². The first-order valence-electron chi connectivity index (χ1n) is 6.56. The first kappa shape index (κ1) is 15.8. The molecule has 0 spiro atoms. The summed E-state index contributed by atoms with van der Waals surface area (Å²) in [6, 6.07) is 8.09. The van der Waals surface area contributed by atoms with Crippen molar-refractivity contribution in [3.05, 3.63) is 35.4 Å². The number of nitrogen functional groups attached to an aromatic ring is 1. The molecule has 112 valence electrons. The third-order valence-electron chi connectivity index (χ3n) is 2.72. The topological polar surface area (TPSA) is 78.1 Å². The maximum Gasteiger partial charge on any atom is 0.319 e. The monoisotopic (exact) mass is 323 g/mol. The molecule has 0 saturated carbocycles. The number of nitrogens with two attached hydrogens (primary N) is 1. The third-order valence-corrected chi connectivity index (χ3v) is 4.73. The Balaban J connectivity index is 2.13. The molecular weight excluding hydrogens is 306 g/mol. The van der Waals surface area contributed by atoms with Crippen LogP contribution in [-0.4, -0.2) is 28.0 Å². The zero-order chi connectivity index (χ0) is 15.2.